The number of hydrogen-bond donors (Lipinski definition) is 1. The standard InChI is InChI=1S/C31H36FN5O4S/c1-19(20-5-3-2-4-6-20)35-18-21(15-27(35)38)29(39)34-23-7-9-24(10-8-23)37-30(40)26-16-22(32)17-33-28(26)36(31(37)41)25-11-13-42-14-12-25/h2-6,16-17,19,21,23-25H,7-15,18H2,1H3,(H,34,39)/t19-,21-,23-,24+/m1/s1. The van der Waals surface area contributed by atoms with E-state index in [1.165, 1.54) is 10.6 Å². The van der Waals surface area contributed by atoms with Crippen LogP contribution in [-0.4, -0.2) is 54.9 Å². The highest BCUT2D eigenvalue weighted by Gasteiger charge is 2.38. The van der Waals surface area contributed by atoms with E-state index in [1.807, 2.05) is 49.0 Å². The average Bonchev–Trinajstić information content (AvgIpc) is 3.40. The predicted octanol–water partition coefficient (Wildman–Crippen LogP) is 3.98. The molecule has 1 N–H and O–H groups in total. The monoisotopic (exact) mass is 593 g/mol. The van der Waals surface area contributed by atoms with Crippen LogP contribution >= 0.6 is 11.8 Å². The lowest BCUT2D eigenvalue weighted by molar-refractivity contribution is -0.130. The van der Waals surface area contributed by atoms with Crippen LogP contribution < -0.4 is 16.6 Å². The lowest BCUT2D eigenvalue weighted by atomic mass is 9.90. The molecule has 0 spiro atoms. The van der Waals surface area contributed by atoms with Gasteiger partial charge in [-0.15, -0.1) is 0 Å². The Labute approximate surface area is 247 Å². The first-order chi connectivity index (χ1) is 20.3. The third-order valence-electron chi connectivity index (χ3n) is 9.17. The number of likely N-dealkylation sites (tertiary alicyclic amines) is 1. The number of pyridine rings is 1. The van der Waals surface area contributed by atoms with Crippen molar-refractivity contribution in [3.63, 3.8) is 0 Å². The summed E-state index contributed by atoms with van der Waals surface area (Å²) in [5.41, 5.74) is 0.400. The Morgan fingerprint density at radius 1 is 1.00 bits per heavy atom. The Balaban J connectivity index is 1.15. The lowest BCUT2D eigenvalue weighted by Crippen LogP contribution is -2.47. The molecule has 11 heteroatoms. The molecule has 2 atom stereocenters. The van der Waals surface area contributed by atoms with E-state index in [9.17, 15) is 23.6 Å². The van der Waals surface area contributed by atoms with Crippen LogP contribution in [0.3, 0.4) is 0 Å². The maximum Gasteiger partial charge on any atom is 0.333 e. The van der Waals surface area contributed by atoms with Crippen LogP contribution in [0.25, 0.3) is 11.0 Å². The lowest BCUT2D eigenvalue weighted by Gasteiger charge is -2.32. The molecule has 3 aliphatic rings. The van der Waals surface area contributed by atoms with Gasteiger partial charge < -0.3 is 10.2 Å². The Bertz CT molecular complexity index is 1590. The van der Waals surface area contributed by atoms with E-state index in [1.54, 1.807) is 9.47 Å². The van der Waals surface area contributed by atoms with Crippen LogP contribution in [0, 0.1) is 11.7 Å². The van der Waals surface area contributed by atoms with E-state index >= 15 is 0 Å². The van der Waals surface area contributed by atoms with Gasteiger partial charge in [-0.05, 0) is 68.6 Å². The molecule has 42 heavy (non-hydrogen) atoms. The summed E-state index contributed by atoms with van der Waals surface area (Å²) in [6.07, 6.45) is 5.12. The zero-order chi connectivity index (χ0) is 29.4. The quantitative estimate of drug-likeness (QED) is 0.464. The summed E-state index contributed by atoms with van der Waals surface area (Å²) >= 11 is 1.84. The highest BCUT2D eigenvalue weighted by atomic mass is 32.2. The Morgan fingerprint density at radius 2 is 1.69 bits per heavy atom. The molecular formula is C31H36FN5O4S. The summed E-state index contributed by atoms with van der Waals surface area (Å²) in [6.45, 7) is 2.36. The Morgan fingerprint density at radius 3 is 2.40 bits per heavy atom. The van der Waals surface area contributed by atoms with E-state index in [4.69, 9.17) is 0 Å². The Kier molecular flexibility index (Phi) is 8.20. The molecule has 1 aromatic carbocycles. The minimum absolute atomic E-state index is 0.0235. The van der Waals surface area contributed by atoms with Crippen LogP contribution in [-0.2, 0) is 9.59 Å². The topological polar surface area (TPSA) is 106 Å². The first-order valence-corrected chi connectivity index (χ1v) is 16.0. The van der Waals surface area contributed by atoms with Gasteiger partial charge in [-0.3, -0.25) is 23.5 Å². The molecule has 0 bridgehead atoms. The van der Waals surface area contributed by atoms with Gasteiger partial charge in [-0.25, -0.2) is 14.2 Å². The molecule has 222 valence electrons. The molecule has 3 aromatic rings. The number of halogens is 1. The van der Waals surface area contributed by atoms with Crippen molar-refractivity contribution in [2.45, 2.75) is 76.0 Å². The molecule has 9 nitrogen and oxygen atoms in total. The van der Waals surface area contributed by atoms with Gasteiger partial charge in [0.25, 0.3) is 5.56 Å². The van der Waals surface area contributed by atoms with Crippen molar-refractivity contribution >= 4 is 34.6 Å². The van der Waals surface area contributed by atoms with Crippen molar-refractivity contribution in [2.24, 2.45) is 5.92 Å². The molecular weight excluding hydrogens is 557 g/mol. The van der Waals surface area contributed by atoms with Crippen LogP contribution in [0.4, 0.5) is 4.39 Å². The highest BCUT2D eigenvalue weighted by molar-refractivity contribution is 7.99. The second-order valence-electron chi connectivity index (χ2n) is 11.7. The summed E-state index contributed by atoms with van der Waals surface area (Å²) in [5, 5.41) is 3.26. The number of hydrogen-bond acceptors (Lipinski definition) is 6. The fraction of sp³-hybridized carbons (Fsp3) is 0.516. The number of rotatable bonds is 6. The van der Waals surface area contributed by atoms with E-state index in [2.05, 4.69) is 10.3 Å². The number of amides is 2. The number of aromatic nitrogens is 3. The molecule has 2 amide bonds. The molecule has 4 heterocycles. The van der Waals surface area contributed by atoms with Crippen LogP contribution in [0.15, 0.2) is 52.2 Å². The van der Waals surface area contributed by atoms with E-state index in [0.717, 1.165) is 36.1 Å². The van der Waals surface area contributed by atoms with Crippen LogP contribution in [0.1, 0.15) is 75.6 Å². The second-order valence-corrected chi connectivity index (χ2v) is 13.0. The predicted molar refractivity (Wildman–Crippen MR) is 160 cm³/mol. The summed E-state index contributed by atoms with van der Waals surface area (Å²) in [6, 6.07) is 10.4. The molecule has 1 aliphatic carbocycles. The number of nitrogens with zero attached hydrogens (tertiary/aromatic N) is 4. The second kappa shape index (κ2) is 12.0. The van der Waals surface area contributed by atoms with E-state index in [-0.39, 0.29) is 59.1 Å². The maximum absolute atomic E-state index is 14.2. The zero-order valence-corrected chi connectivity index (χ0v) is 24.5. The minimum atomic E-state index is -0.607. The fourth-order valence-corrected chi connectivity index (χ4v) is 7.87. The normalized spacial score (nSPS) is 24.2. The molecule has 6 rings (SSSR count). The number of nitrogens with one attached hydrogen (secondary N) is 1. The zero-order valence-electron chi connectivity index (χ0n) is 23.7. The summed E-state index contributed by atoms with van der Waals surface area (Å²) in [5.74, 6) is 0.663. The highest BCUT2D eigenvalue weighted by Crippen LogP contribution is 2.32. The summed E-state index contributed by atoms with van der Waals surface area (Å²) in [4.78, 5) is 59.2. The number of benzene rings is 1. The van der Waals surface area contributed by atoms with Crippen LogP contribution in [0.2, 0.25) is 0 Å². The molecule has 0 radical (unpaired) electrons. The average molecular weight is 594 g/mol. The van der Waals surface area contributed by atoms with Gasteiger partial charge in [-0.1, -0.05) is 30.3 Å². The summed E-state index contributed by atoms with van der Waals surface area (Å²) < 4.78 is 17.1. The first kappa shape index (κ1) is 28.6. The first-order valence-electron chi connectivity index (χ1n) is 14.9. The molecule has 2 aromatic heterocycles. The molecule has 2 saturated heterocycles. The number of carbonyl (C=O) groups is 2. The fourth-order valence-electron chi connectivity index (χ4n) is 6.79. The van der Waals surface area contributed by atoms with Gasteiger partial charge in [0.15, 0.2) is 0 Å². The van der Waals surface area contributed by atoms with Gasteiger partial charge in [0.2, 0.25) is 11.8 Å². The summed E-state index contributed by atoms with van der Waals surface area (Å²) in [7, 11) is 0. The third kappa shape index (κ3) is 5.50. The van der Waals surface area contributed by atoms with Crippen molar-refractivity contribution in [1.82, 2.24) is 24.3 Å². The smallest absolute Gasteiger partial charge is 0.333 e. The molecule has 0 unspecified atom stereocenters. The van der Waals surface area contributed by atoms with E-state index in [0.29, 0.717) is 32.2 Å². The van der Waals surface area contributed by atoms with Crippen molar-refractivity contribution in [2.75, 3.05) is 18.1 Å². The molecule has 3 fully saturated rings. The minimum Gasteiger partial charge on any atom is -0.353 e. The Hall–Kier alpha value is -3.47. The van der Waals surface area contributed by atoms with Crippen molar-refractivity contribution in [3.05, 3.63) is 74.8 Å². The number of fused-ring (bicyclic) bond motifs is 1. The van der Waals surface area contributed by atoms with Crippen molar-refractivity contribution in [3.8, 4) is 0 Å². The third-order valence-corrected chi connectivity index (χ3v) is 10.2. The SMILES string of the molecule is C[C@H](c1ccccc1)N1C[C@H](C(=O)N[C@H]2CC[C@@H](n3c(=O)c4cc(F)cnc4n(C4CCSCC4)c3=O)CC2)CC1=O. The van der Waals surface area contributed by atoms with Gasteiger partial charge in [0.1, 0.15) is 11.5 Å². The molecule has 1 saturated carbocycles. The van der Waals surface area contributed by atoms with Gasteiger partial charge in [-0.2, -0.15) is 11.8 Å². The number of carbonyl (C=O) groups excluding carboxylic acids is 2. The van der Waals surface area contributed by atoms with Gasteiger partial charge in [0.05, 0.1) is 23.5 Å². The maximum atomic E-state index is 14.2. The van der Waals surface area contributed by atoms with E-state index < -0.39 is 17.3 Å². The van der Waals surface area contributed by atoms with Gasteiger partial charge >= 0.3 is 5.69 Å². The molecule has 2 aliphatic heterocycles. The largest absolute Gasteiger partial charge is 0.353 e. The van der Waals surface area contributed by atoms with Crippen molar-refractivity contribution in [1.29, 1.82) is 0 Å². The number of thioether (sulfide) groups is 1. The van der Waals surface area contributed by atoms with Crippen molar-refractivity contribution < 1.29 is 14.0 Å². The van der Waals surface area contributed by atoms with Crippen LogP contribution in [0.5, 0.6) is 0 Å². The van der Waals surface area contributed by atoms with Gasteiger partial charge in [0, 0.05) is 31.1 Å².